The summed E-state index contributed by atoms with van der Waals surface area (Å²) in [4.78, 5) is 14.6. The van der Waals surface area contributed by atoms with Crippen LogP contribution in [0.4, 0.5) is 0 Å². The first-order chi connectivity index (χ1) is 17.0. The minimum Gasteiger partial charge on any atom is -0.487 e. The Morgan fingerprint density at radius 3 is 2.53 bits per heavy atom. The number of hydrogen-bond donors (Lipinski definition) is 1. The number of rotatable bonds is 6. The third-order valence-corrected chi connectivity index (χ3v) is 8.25. The predicted octanol–water partition coefficient (Wildman–Crippen LogP) is 3.63. The zero-order valence-corrected chi connectivity index (χ0v) is 22.5. The molecule has 1 aliphatic rings. The quantitative estimate of drug-likeness (QED) is 0.598. The van der Waals surface area contributed by atoms with Gasteiger partial charge in [0.25, 0.3) is 5.91 Å². The normalized spacial score (nSPS) is 20.2. The zero-order chi connectivity index (χ0) is 26.5. The fourth-order valence-electron chi connectivity index (χ4n) is 4.03. The van der Waals surface area contributed by atoms with Gasteiger partial charge in [0.05, 0.1) is 13.2 Å². The van der Waals surface area contributed by atoms with Crippen molar-refractivity contribution in [2.75, 3.05) is 26.7 Å². The first-order valence-electron chi connectivity index (χ1n) is 12.3. The van der Waals surface area contributed by atoms with Crippen molar-refractivity contribution in [1.82, 2.24) is 9.21 Å². The van der Waals surface area contributed by atoms with Crippen molar-refractivity contribution in [3.8, 4) is 17.6 Å². The van der Waals surface area contributed by atoms with Gasteiger partial charge in [0, 0.05) is 43.1 Å². The van der Waals surface area contributed by atoms with E-state index >= 15 is 0 Å². The molecule has 194 valence electrons. The van der Waals surface area contributed by atoms with Gasteiger partial charge in [0.1, 0.15) is 16.7 Å². The van der Waals surface area contributed by atoms with Crippen LogP contribution in [0.1, 0.15) is 50.0 Å². The van der Waals surface area contributed by atoms with Gasteiger partial charge in [-0.05, 0) is 43.2 Å². The number of nitrogens with zero attached hydrogens (tertiary/aromatic N) is 2. The Bertz CT molecular complexity index is 1220. The van der Waals surface area contributed by atoms with E-state index in [0.717, 1.165) is 6.42 Å². The number of likely N-dealkylation sites (N-methyl/N-ethyl adjacent to an activating group) is 1. The topological polar surface area (TPSA) is 87.2 Å². The van der Waals surface area contributed by atoms with Gasteiger partial charge >= 0.3 is 0 Å². The number of hydrogen-bond acceptors (Lipinski definition) is 5. The molecule has 0 aromatic heterocycles. The van der Waals surface area contributed by atoms with E-state index in [1.54, 1.807) is 43.1 Å². The molecule has 36 heavy (non-hydrogen) atoms. The molecule has 3 atom stereocenters. The van der Waals surface area contributed by atoms with E-state index in [1.165, 1.54) is 10.4 Å². The zero-order valence-electron chi connectivity index (χ0n) is 21.6. The van der Waals surface area contributed by atoms with Crippen molar-refractivity contribution in [2.45, 2.75) is 51.2 Å². The SMILES string of the molecule is CC(C)CC#Cc1ccc2c(c1)O[C@H](CN(C)C(=O)c1ccccc1)[C@H](C)CN([C@@H](C)CO)S2(=O)=O. The molecule has 8 heteroatoms. The van der Waals surface area contributed by atoms with Gasteiger partial charge in [-0.15, -0.1) is 0 Å². The number of aliphatic hydroxyl groups is 1. The maximum atomic E-state index is 13.6. The predicted molar refractivity (Wildman–Crippen MR) is 140 cm³/mol. The van der Waals surface area contributed by atoms with Crippen molar-refractivity contribution < 1.29 is 23.1 Å². The van der Waals surface area contributed by atoms with E-state index in [-0.39, 0.29) is 42.2 Å². The lowest BCUT2D eigenvalue weighted by atomic mass is 10.0. The molecule has 1 amide bonds. The molecule has 0 spiro atoms. The van der Waals surface area contributed by atoms with Crippen molar-refractivity contribution in [3.63, 3.8) is 0 Å². The van der Waals surface area contributed by atoms with Crippen LogP contribution in [0.25, 0.3) is 0 Å². The molecule has 0 fully saturated rings. The van der Waals surface area contributed by atoms with Gasteiger partial charge in [-0.1, -0.05) is 50.8 Å². The lowest BCUT2D eigenvalue weighted by Gasteiger charge is -2.37. The lowest BCUT2D eigenvalue weighted by molar-refractivity contribution is 0.0563. The number of carbonyl (C=O) groups excluding carboxylic acids is 1. The largest absolute Gasteiger partial charge is 0.487 e. The summed E-state index contributed by atoms with van der Waals surface area (Å²) in [6.07, 6.45) is 0.244. The number of benzene rings is 2. The van der Waals surface area contributed by atoms with Crippen LogP contribution < -0.4 is 4.74 Å². The summed E-state index contributed by atoms with van der Waals surface area (Å²) in [5, 5.41) is 9.80. The molecule has 0 unspecified atom stereocenters. The molecule has 1 N–H and O–H groups in total. The monoisotopic (exact) mass is 512 g/mol. The van der Waals surface area contributed by atoms with Gasteiger partial charge in [-0.25, -0.2) is 8.42 Å². The van der Waals surface area contributed by atoms with Gasteiger partial charge in [-0.2, -0.15) is 4.31 Å². The van der Waals surface area contributed by atoms with E-state index < -0.39 is 22.2 Å². The van der Waals surface area contributed by atoms with E-state index in [9.17, 15) is 18.3 Å². The fraction of sp³-hybridized carbons (Fsp3) is 0.464. The third-order valence-electron chi connectivity index (χ3n) is 6.23. The van der Waals surface area contributed by atoms with Gasteiger partial charge < -0.3 is 14.7 Å². The smallest absolute Gasteiger partial charge is 0.253 e. The molecule has 0 radical (unpaired) electrons. The maximum Gasteiger partial charge on any atom is 0.253 e. The minimum atomic E-state index is -3.93. The summed E-state index contributed by atoms with van der Waals surface area (Å²) < 4.78 is 34.9. The summed E-state index contributed by atoms with van der Waals surface area (Å²) in [6, 6.07) is 13.2. The summed E-state index contributed by atoms with van der Waals surface area (Å²) in [5.74, 6) is 6.45. The third kappa shape index (κ3) is 6.47. The van der Waals surface area contributed by atoms with Crippen LogP contribution in [0.5, 0.6) is 5.75 Å². The molecule has 7 nitrogen and oxygen atoms in total. The number of amides is 1. The Balaban J connectivity index is 2.00. The van der Waals surface area contributed by atoms with Crippen molar-refractivity contribution in [2.24, 2.45) is 11.8 Å². The molecule has 0 aliphatic carbocycles. The molecule has 0 bridgehead atoms. The average Bonchev–Trinajstić information content (AvgIpc) is 2.85. The first kappa shape index (κ1) is 27.7. The van der Waals surface area contributed by atoms with E-state index in [1.807, 2.05) is 25.1 Å². The van der Waals surface area contributed by atoms with Crippen molar-refractivity contribution in [1.29, 1.82) is 0 Å². The molecule has 0 saturated carbocycles. The Labute approximate surface area is 215 Å². The Hall–Kier alpha value is -2.86. The molecular formula is C28H36N2O5S. The highest BCUT2D eigenvalue weighted by atomic mass is 32.2. The maximum absolute atomic E-state index is 13.6. The van der Waals surface area contributed by atoms with Crippen molar-refractivity contribution >= 4 is 15.9 Å². The number of carbonyl (C=O) groups is 1. The number of sulfonamides is 1. The van der Waals surface area contributed by atoms with Gasteiger partial charge in [-0.3, -0.25) is 4.79 Å². The molecular weight excluding hydrogens is 476 g/mol. The number of ether oxygens (including phenoxy) is 1. The minimum absolute atomic E-state index is 0.0335. The Morgan fingerprint density at radius 2 is 1.89 bits per heavy atom. The van der Waals surface area contributed by atoms with E-state index in [4.69, 9.17) is 4.74 Å². The second-order valence-electron chi connectivity index (χ2n) is 9.85. The second-order valence-corrected chi connectivity index (χ2v) is 11.7. The van der Waals surface area contributed by atoms with Crippen LogP contribution in [0, 0.1) is 23.7 Å². The van der Waals surface area contributed by atoms with Crippen LogP contribution in [0.2, 0.25) is 0 Å². The highest BCUT2D eigenvalue weighted by Gasteiger charge is 2.38. The number of fused-ring (bicyclic) bond motifs is 1. The molecule has 1 aliphatic heterocycles. The van der Waals surface area contributed by atoms with Crippen LogP contribution in [-0.2, 0) is 10.0 Å². The van der Waals surface area contributed by atoms with Crippen LogP contribution >= 0.6 is 0 Å². The van der Waals surface area contributed by atoms with Gasteiger partial charge in [0.2, 0.25) is 10.0 Å². The summed E-state index contributed by atoms with van der Waals surface area (Å²) >= 11 is 0. The van der Waals surface area contributed by atoms with Gasteiger partial charge in [0.15, 0.2) is 0 Å². The molecule has 3 rings (SSSR count). The van der Waals surface area contributed by atoms with E-state index in [2.05, 4.69) is 25.7 Å². The lowest BCUT2D eigenvalue weighted by Crippen LogP contribution is -2.50. The van der Waals surface area contributed by atoms with Crippen LogP contribution in [0.15, 0.2) is 53.4 Å². The molecule has 2 aromatic carbocycles. The van der Waals surface area contributed by atoms with Crippen molar-refractivity contribution in [3.05, 3.63) is 59.7 Å². The molecule has 0 saturated heterocycles. The highest BCUT2D eigenvalue weighted by molar-refractivity contribution is 7.89. The molecule has 2 aromatic rings. The fourth-order valence-corrected chi connectivity index (χ4v) is 5.86. The number of aliphatic hydroxyl groups excluding tert-OH is 1. The summed E-state index contributed by atoms with van der Waals surface area (Å²) in [5.41, 5.74) is 1.23. The average molecular weight is 513 g/mol. The molecule has 1 heterocycles. The Kier molecular flexibility index (Phi) is 9.18. The van der Waals surface area contributed by atoms with Crippen LogP contribution in [0.3, 0.4) is 0 Å². The second kappa shape index (κ2) is 11.9. The van der Waals surface area contributed by atoms with E-state index in [0.29, 0.717) is 17.0 Å². The first-order valence-corrected chi connectivity index (χ1v) is 13.7. The summed E-state index contributed by atoms with van der Waals surface area (Å²) in [7, 11) is -2.22. The Morgan fingerprint density at radius 1 is 1.19 bits per heavy atom. The van der Waals surface area contributed by atoms with Crippen LogP contribution in [-0.4, -0.2) is 67.5 Å². The standard InChI is InChI=1S/C28H36N2O5S/c1-20(2)10-9-11-23-14-15-27-25(16-23)35-26(18-29(5)28(32)24-12-7-6-8-13-24)21(3)17-30(22(4)19-31)36(27,33)34/h6-8,12-16,20-22,26,31H,10,17-19H2,1-5H3/t21-,22+,26-/m1/s1. The summed E-state index contributed by atoms with van der Waals surface area (Å²) in [6.45, 7) is 7.85. The highest BCUT2D eigenvalue weighted by Crippen LogP contribution is 2.34.